The molecule has 1 unspecified atom stereocenters. The Labute approximate surface area is 205 Å². The summed E-state index contributed by atoms with van der Waals surface area (Å²) in [6.07, 6.45) is 0.0235. The molecular weight excluding hydrogens is 463 g/mol. The SMILES string of the molecule is C[C@H](NC(=O)[C@H](Cc1ccc(-c2ccccc2)cc1)CP(=O)(O)[C@@H](N)Cc1ccccc1)C(=O)O. The van der Waals surface area contributed by atoms with Crippen molar-refractivity contribution in [3.63, 3.8) is 0 Å². The van der Waals surface area contributed by atoms with Gasteiger partial charge in [-0.1, -0.05) is 84.9 Å². The number of nitrogens with one attached hydrogen (secondary N) is 1. The van der Waals surface area contributed by atoms with Gasteiger partial charge in [0.15, 0.2) is 0 Å². The Morgan fingerprint density at radius 3 is 1.94 bits per heavy atom. The van der Waals surface area contributed by atoms with Gasteiger partial charge in [-0.15, -0.1) is 0 Å². The smallest absolute Gasteiger partial charge is 0.325 e. The highest BCUT2D eigenvalue weighted by atomic mass is 31.2. The fourth-order valence-electron chi connectivity index (χ4n) is 3.83. The summed E-state index contributed by atoms with van der Waals surface area (Å²) < 4.78 is 13.2. The van der Waals surface area contributed by atoms with Gasteiger partial charge in [-0.2, -0.15) is 0 Å². The van der Waals surface area contributed by atoms with E-state index in [0.717, 1.165) is 22.3 Å². The highest BCUT2D eigenvalue weighted by Crippen LogP contribution is 2.47. The average molecular weight is 495 g/mol. The second-order valence-corrected chi connectivity index (χ2v) is 11.3. The van der Waals surface area contributed by atoms with Gasteiger partial charge < -0.3 is 21.1 Å². The zero-order chi connectivity index (χ0) is 25.4. The number of hydrogen-bond acceptors (Lipinski definition) is 4. The number of rotatable bonds is 11. The number of carbonyl (C=O) groups excluding carboxylic acids is 1. The average Bonchev–Trinajstić information content (AvgIpc) is 2.85. The summed E-state index contributed by atoms with van der Waals surface area (Å²) in [6, 6.07) is 25.5. The van der Waals surface area contributed by atoms with Crippen molar-refractivity contribution in [3.8, 4) is 11.1 Å². The third kappa shape index (κ3) is 7.62. The monoisotopic (exact) mass is 494 g/mol. The number of carboxylic acid groups (broad SMARTS) is 1. The van der Waals surface area contributed by atoms with Crippen molar-refractivity contribution in [2.45, 2.75) is 31.6 Å². The van der Waals surface area contributed by atoms with Crippen molar-refractivity contribution in [2.75, 3.05) is 6.16 Å². The Balaban J connectivity index is 1.78. The number of nitrogens with two attached hydrogens (primary N) is 1. The molecule has 3 aromatic rings. The highest BCUT2D eigenvalue weighted by molar-refractivity contribution is 7.58. The molecule has 0 aliphatic heterocycles. The van der Waals surface area contributed by atoms with Crippen LogP contribution in [-0.4, -0.2) is 39.9 Å². The first-order valence-corrected chi connectivity index (χ1v) is 13.4. The van der Waals surface area contributed by atoms with Crippen molar-refractivity contribution in [3.05, 3.63) is 96.1 Å². The van der Waals surface area contributed by atoms with Crippen LogP contribution in [0, 0.1) is 5.92 Å². The molecule has 7 nitrogen and oxygen atoms in total. The van der Waals surface area contributed by atoms with Crippen molar-refractivity contribution < 1.29 is 24.2 Å². The van der Waals surface area contributed by atoms with Crippen LogP contribution in [0.2, 0.25) is 0 Å². The van der Waals surface area contributed by atoms with Crippen LogP contribution >= 0.6 is 7.37 Å². The van der Waals surface area contributed by atoms with Gasteiger partial charge in [0.2, 0.25) is 13.3 Å². The topological polar surface area (TPSA) is 130 Å². The van der Waals surface area contributed by atoms with Crippen LogP contribution in [0.5, 0.6) is 0 Å². The zero-order valence-corrected chi connectivity index (χ0v) is 20.5. The van der Waals surface area contributed by atoms with E-state index in [9.17, 15) is 24.2 Å². The van der Waals surface area contributed by atoms with Gasteiger partial charge in [0, 0.05) is 6.16 Å². The molecule has 8 heteroatoms. The lowest BCUT2D eigenvalue weighted by molar-refractivity contribution is -0.141. The molecule has 0 spiro atoms. The maximum Gasteiger partial charge on any atom is 0.325 e. The minimum absolute atomic E-state index is 0.176. The molecule has 184 valence electrons. The van der Waals surface area contributed by atoms with Crippen molar-refractivity contribution in [1.82, 2.24) is 5.32 Å². The predicted octanol–water partition coefficient (Wildman–Crippen LogP) is 3.90. The minimum Gasteiger partial charge on any atom is -0.480 e. The second-order valence-electron chi connectivity index (χ2n) is 8.73. The molecule has 0 bridgehead atoms. The summed E-state index contributed by atoms with van der Waals surface area (Å²) in [7, 11) is -3.95. The minimum atomic E-state index is -3.95. The van der Waals surface area contributed by atoms with Crippen LogP contribution in [0.1, 0.15) is 18.1 Å². The maximum atomic E-state index is 13.2. The lowest BCUT2D eigenvalue weighted by Crippen LogP contribution is -2.43. The molecule has 0 radical (unpaired) electrons. The molecule has 4 atom stereocenters. The number of carboxylic acids is 1. The lowest BCUT2D eigenvalue weighted by Gasteiger charge is -2.25. The van der Waals surface area contributed by atoms with Crippen molar-refractivity contribution in [1.29, 1.82) is 0 Å². The normalized spacial score (nSPS) is 15.4. The Bertz CT molecular complexity index is 1170. The Kier molecular flexibility index (Phi) is 8.99. The summed E-state index contributed by atoms with van der Waals surface area (Å²) in [5.74, 6) is -3.74. The maximum absolute atomic E-state index is 13.2. The number of amides is 1. The summed E-state index contributed by atoms with van der Waals surface area (Å²) in [4.78, 5) is 35.0. The first-order chi connectivity index (χ1) is 16.7. The lowest BCUT2D eigenvalue weighted by atomic mass is 9.97. The Hall–Kier alpha value is -3.25. The van der Waals surface area contributed by atoms with Gasteiger partial charge in [-0.25, -0.2) is 0 Å². The Morgan fingerprint density at radius 1 is 0.857 bits per heavy atom. The van der Waals surface area contributed by atoms with E-state index in [1.54, 1.807) is 0 Å². The van der Waals surface area contributed by atoms with Gasteiger partial charge in [-0.05, 0) is 42.0 Å². The van der Waals surface area contributed by atoms with Gasteiger partial charge in [0.05, 0.1) is 11.7 Å². The third-order valence-corrected chi connectivity index (χ3v) is 8.11. The van der Waals surface area contributed by atoms with Crippen LogP contribution < -0.4 is 11.1 Å². The zero-order valence-electron chi connectivity index (χ0n) is 19.6. The van der Waals surface area contributed by atoms with E-state index < -0.39 is 37.0 Å². The largest absolute Gasteiger partial charge is 0.480 e. The molecule has 0 aliphatic carbocycles. The second kappa shape index (κ2) is 11.9. The quantitative estimate of drug-likeness (QED) is 0.299. The molecule has 0 saturated heterocycles. The van der Waals surface area contributed by atoms with Crippen LogP contribution in [-0.2, 0) is 27.0 Å². The van der Waals surface area contributed by atoms with Crippen LogP contribution in [0.3, 0.4) is 0 Å². The molecule has 5 N–H and O–H groups in total. The number of benzene rings is 3. The predicted molar refractivity (Wildman–Crippen MR) is 137 cm³/mol. The van der Waals surface area contributed by atoms with Crippen molar-refractivity contribution in [2.24, 2.45) is 11.7 Å². The molecule has 3 rings (SSSR count). The van der Waals surface area contributed by atoms with Crippen molar-refractivity contribution >= 4 is 19.2 Å². The molecule has 0 aliphatic rings. The molecular formula is C27H31N2O5P. The molecule has 1 amide bonds. The highest BCUT2D eigenvalue weighted by Gasteiger charge is 2.35. The summed E-state index contributed by atoms with van der Waals surface area (Å²) in [5, 5.41) is 11.6. The number of carbonyl (C=O) groups is 2. The third-order valence-electron chi connectivity index (χ3n) is 5.93. The van der Waals surface area contributed by atoms with E-state index in [2.05, 4.69) is 5.32 Å². The fourth-order valence-corrected chi connectivity index (χ4v) is 5.52. The molecule has 0 saturated carbocycles. The van der Waals surface area contributed by atoms with E-state index in [-0.39, 0.29) is 19.0 Å². The van der Waals surface area contributed by atoms with E-state index in [4.69, 9.17) is 5.73 Å². The van der Waals surface area contributed by atoms with E-state index in [0.29, 0.717) is 0 Å². The first-order valence-electron chi connectivity index (χ1n) is 11.4. The molecule has 0 aromatic heterocycles. The van der Waals surface area contributed by atoms with Gasteiger partial charge in [0.1, 0.15) is 6.04 Å². The molecule has 35 heavy (non-hydrogen) atoms. The summed E-state index contributed by atoms with van der Waals surface area (Å²) >= 11 is 0. The van der Waals surface area contributed by atoms with E-state index >= 15 is 0 Å². The van der Waals surface area contributed by atoms with Gasteiger partial charge >= 0.3 is 5.97 Å². The number of aliphatic carboxylic acids is 1. The molecule has 0 heterocycles. The van der Waals surface area contributed by atoms with Gasteiger partial charge in [0.25, 0.3) is 0 Å². The standard InChI is InChI=1S/C27H31N2O5P/c1-19(27(31)32)29-26(30)24(18-35(33,34)25(28)17-20-8-4-2-5-9-20)16-21-12-14-23(15-13-21)22-10-6-3-7-11-22/h2-15,19,24-25H,16-18,28H2,1H3,(H,29,30)(H,31,32)(H,33,34)/t19-,24+,25+/m0/s1. The molecule has 3 aromatic carbocycles. The molecule has 0 fully saturated rings. The Morgan fingerprint density at radius 2 is 1.37 bits per heavy atom. The van der Waals surface area contributed by atoms with Crippen LogP contribution in [0.15, 0.2) is 84.9 Å². The van der Waals surface area contributed by atoms with Crippen LogP contribution in [0.25, 0.3) is 11.1 Å². The summed E-state index contributed by atoms with van der Waals surface area (Å²) in [5.41, 5.74) is 9.80. The van der Waals surface area contributed by atoms with Crippen LogP contribution in [0.4, 0.5) is 0 Å². The number of hydrogen-bond donors (Lipinski definition) is 4. The first kappa shape index (κ1) is 26.4. The fraction of sp³-hybridized carbons (Fsp3) is 0.259. The van der Waals surface area contributed by atoms with E-state index in [1.807, 2.05) is 84.9 Å². The van der Waals surface area contributed by atoms with E-state index in [1.165, 1.54) is 6.92 Å². The van der Waals surface area contributed by atoms with Gasteiger partial charge in [-0.3, -0.25) is 14.2 Å². The summed E-state index contributed by atoms with van der Waals surface area (Å²) in [6.45, 7) is 1.35.